The Hall–Kier alpha value is -2.31. The van der Waals surface area contributed by atoms with Crippen molar-refractivity contribution in [1.29, 1.82) is 0 Å². The van der Waals surface area contributed by atoms with E-state index in [0.29, 0.717) is 49.2 Å². The second-order valence-electron chi connectivity index (χ2n) is 20.0. The Labute approximate surface area is 379 Å². The van der Waals surface area contributed by atoms with E-state index in [1.807, 2.05) is 25.2 Å². The first-order valence-electron chi connectivity index (χ1n) is 24.0. The van der Waals surface area contributed by atoms with Crippen LogP contribution in [0.25, 0.3) is 0 Å². The van der Waals surface area contributed by atoms with Gasteiger partial charge in [-0.2, -0.15) is 0 Å². The summed E-state index contributed by atoms with van der Waals surface area (Å²) in [7, 11) is 3.23. The molecule has 14 heteroatoms. The Morgan fingerprint density at radius 2 is 1.53 bits per heavy atom. The van der Waals surface area contributed by atoms with Gasteiger partial charge in [-0.25, -0.2) is 0 Å². The fourth-order valence-electron chi connectivity index (χ4n) is 11.7. The van der Waals surface area contributed by atoms with E-state index in [9.17, 15) is 20.1 Å². The fraction of sp³-hybridized carbons (Fsp3) is 0.780. The monoisotopic (exact) mass is 899 g/mol. The second-order valence-corrected chi connectivity index (χ2v) is 20.0. The topological polar surface area (TPSA) is 170 Å². The van der Waals surface area contributed by atoms with Crippen LogP contribution in [0.2, 0.25) is 0 Å². The molecule has 0 radical (unpaired) electrons. The summed E-state index contributed by atoms with van der Waals surface area (Å²) in [6, 6.07) is 0. The fourth-order valence-corrected chi connectivity index (χ4v) is 11.7. The zero-order chi connectivity index (χ0) is 45.5. The minimum atomic E-state index is -1.83. The number of rotatable bonds is 7. The van der Waals surface area contributed by atoms with E-state index in [2.05, 4.69) is 32.9 Å². The first-order valence-corrected chi connectivity index (χ1v) is 24.0. The Morgan fingerprint density at radius 3 is 2.28 bits per heavy atom. The number of aliphatic hydroxyl groups excluding tert-OH is 2. The van der Waals surface area contributed by atoms with Crippen LogP contribution >= 0.6 is 0 Å². The lowest BCUT2D eigenvalue weighted by Gasteiger charge is -2.49. The molecule has 0 unspecified atom stereocenters. The molecule has 0 amide bonds. The Balaban J connectivity index is 1.08. The SMILES string of the molecule is CO[C@H]1C[C@@H](O[C@@H]2C(C)=CC[C@H]3C[C@@H](C[C@]4(C=C[C@H](C)[C@H](C5CCCCC5)O4)O3)OC(=O)[C@@H]3C=C(C)[C@H](O)[C@@H]4OCC(=CC=C[C@@H]2C)[C@]34O)O[C@@H](C)[C@H]1O[C@H]1C[C@@H](OC)[C@@H](O)[C@@H](C)O1. The smallest absolute Gasteiger partial charge is 0.316 e. The highest BCUT2D eigenvalue weighted by molar-refractivity contribution is 5.78. The van der Waals surface area contributed by atoms with Crippen molar-refractivity contribution >= 4 is 5.97 Å². The molecule has 6 aliphatic heterocycles. The first kappa shape index (κ1) is 48.2. The lowest BCUT2D eigenvalue weighted by atomic mass is 9.71. The van der Waals surface area contributed by atoms with Crippen molar-refractivity contribution in [1.82, 2.24) is 0 Å². The van der Waals surface area contributed by atoms with Gasteiger partial charge in [0, 0.05) is 51.7 Å². The minimum Gasteiger partial charge on any atom is -0.462 e. The molecular weight excluding hydrogens is 825 g/mol. The van der Waals surface area contributed by atoms with Crippen molar-refractivity contribution in [3.63, 3.8) is 0 Å². The van der Waals surface area contributed by atoms with Crippen LogP contribution in [-0.2, 0) is 52.2 Å². The highest BCUT2D eigenvalue weighted by Crippen LogP contribution is 2.48. The number of allylic oxidation sites excluding steroid dienone is 2. The maximum Gasteiger partial charge on any atom is 0.316 e. The molecule has 5 fully saturated rings. The molecule has 8 aliphatic rings. The molecule has 6 heterocycles. The molecule has 64 heavy (non-hydrogen) atoms. The molecule has 2 aliphatic carbocycles. The lowest BCUT2D eigenvalue weighted by Crippen LogP contribution is -2.58. The van der Waals surface area contributed by atoms with E-state index in [4.69, 9.17) is 47.4 Å². The summed E-state index contributed by atoms with van der Waals surface area (Å²) in [6.07, 6.45) is 13.8. The Bertz CT molecular complexity index is 1790. The van der Waals surface area contributed by atoms with E-state index in [-0.39, 0.29) is 36.8 Å². The molecule has 1 saturated carbocycles. The van der Waals surface area contributed by atoms with Crippen molar-refractivity contribution in [3.05, 3.63) is 59.3 Å². The molecular formula is C50H74O14. The zero-order valence-corrected chi connectivity index (χ0v) is 39.0. The summed E-state index contributed by atoms with van der Waals surface area (Å²) in [4.78, 5) is 14.4. The quantitative estimate of drug-likeness (QED) is 0.204. The van der Waals surface area contributed by atoms with Crippen molar-refractivity contribution in [2.24, 2.45) is 23.7 Å². The summed E-state index contributed by atoms with van der Waals surface area (Å²) in [5, 5.41) is 34.3. The van der Waals surface area contributed by atoms with Crippen molar-refractivity contribution in [3.8, 4) is 0 Å². The van der Waals surface area contributed by atoms with Crippen LogP contribution in [0, 0.1) is 23.7 Å². The normalized spacial score (nSPS) is 47.1. The summed E-state index contributed by atoms with van der Waals surface area (Å²) in [5.74, 6) is -2.32. The van der Waals surface area contributed by atoms with Crippen LogP contribution in [0.3, 0.4) is 0 Å². The molecule has 0 aromatic heterocycles. The molecule has 1 spiro atoms. The molecule has 19 atom stereocenters. The van der Waals surface area contributed by atoms with Gasteiger partial charge in [0.25, 0.3) is 0 Å². The van der Waals surface area contributed by atoms with Crippen LogP contribution in [0.5, 0.6) is 0 Å². The number of methoxy groups -OCH3 is 2. The zero-order valence-electron chi connectivity index (χ0n) is 39.0. The van der Waals surface area contributed by atoms with E-state index in [1.165, 1.54) is 19.3 Å². The number of ether oxygens (including phenoxy) is 10. The third-order valence-electron chi connectivity index (χ3n) is 15.4. The van der Waals surface area contributed by atoms with Gasteiger partial charge >= 0.3 is 5.97 Å². The number of hydrogen-bond acceptors (Lipinski definition) is 14. The van der Waals surface area contributed by atoms with Crippen LogP contribution in [0.15, 0.2) is 59.3 Å². The largest absolute Gasteiger partial charge is 0.462 e. The van der Waals surface area contributed by atoms with Crippen molar-refractivity contribution < 1.29 is 67.5 Å². The number of carbonyl (C=O) groups is 1. The molecule has 2 bridgehead atoms. The lowest BCUT2D eigenvalue weighted by molar-refractivity contribution is -0.318. The van der Waals surface area contributed by atoms with E-state index < -0.39 is 90.8 Å². The molecule has 14 nitrogen and oxygen atoms in total. The molecule has 3 N–H and O–H groups in total. The molecule has 0 aromatic rings. The summed E-state index contributed by atoms with van der Waals surface area (Å²) in [6.45, 7) is 11.9. The first-order chi connectivity index (χ1) is 30.6. The predicted octanol–water partition coefficient (Wildman–Crippen LogP) is 5.91. The van der Waals surface area contributed by atoms with Gasteiger partial charge in [-0.3, -0.25) is 4.79 Å². The van der Waals surface area contributed by atoms with Crippen LogP contribution < -0.4 is 0 Å². The number of esters is 1. The number of carbonyl (C=O) groups excluding carboxylic acids is 1. The molecule has 358 valence electrons. The molecule has 8 rings (SSSR count). The van der Waals surface area contributed by atoms with Gasteiger partial charge in [0.05, 0.1) is 49.3 Å². The van der Waals surface area contributed by atoms with Crippen molar-refractivity contribution in [2.75, 3.05) is 20.8 Å². The van der Waals surface area contributed by atoms with Gasteiger partial charge in [-0.1, -0.05) is 69.6 Å². The third kappa shape index (κ3) is 9.82. The van der Waals surface area contributed by atoms with Gasteiger partial charge in [-0.15, -0.1) is 0 Å². The predicted molar refractivity (Wildman–Crippen MR) is 234 cm³/mol. The molecule has 4 saturated heterocycles. The summed E-state index contributed by atoms with van der Waals surface area (Å²) in [5.41, 5.74) is 0.166. The highest BCUT2D eigenvalue weighted by atomic mass is 16.7. The van der Waals surface area contributed by atoms with Crippen LogP contribution in [-0.4, -0.2) is 139 Å². The van der Waals surface area contributed by atoms with Crippen LogP contribution in [0.1, 0.15) is 106 Å². The van der Waals surface area contributed by atoms with Gasteiger partial charge < -0.3 is 62.7 Å². The van der Waals surface area contributed by atoms with Crippen LogP contribution in [0.4, 0.5) is 0 Å². The summed E-state index contributed by atoms with van der Waals surface area (Å²) >= 11 is 0. The molecule has 0 aromatic carbocycles. The van der Waals surface area contributed by atoms with E-state index in [0.717, 1.165) is 18.4 Å². The Morgan fingerprint density at radius 1 is 0.812 bits per heavy atom. The standard InChI is InChI=1S/C50H74O14/c1-27-13-12-16-34-26-57-47-42(51)30(4)21-37(50(34,47)54)48(53)60-36-22-35(63-49(25-36)20-19-29(3)45(64-49)33-14-10-9-11-15-33)18-17-28(2)44(27)61-41-24-39(56-8)46(32(6)59-41)62-40-23-38(55-7)43(52)31(5)58-40/h12-13,16-17,19-21,27,29,31-33,35-47,51-52,54H,9-11,14-15,18,22-26H2,1-8H3/t27-,29-,31+,32-,35-,36-,37-,38+,39-,40-,41+,42-,43-,44-,45+,46+,47-,49+,50-/m0/s1. The maximum atomic E-state index is 14.4. The average Bonchev–Trinajstić information content (AvgIpc) is 3.62. The van der Waals surface area contributed by atoms with E-state index >= 15 is 0 Å². The van der Waals surface area contributed by atoms with E-state index in [1.54, 1.807) is 40.2 Å². The average molecular weight is 899 g/mol. The Kier molecular flexibility index (Phi) is 15.1. The van der Waals surface area contributed by atoms with Gasteiger partial charge in [0.2, 0.25) is 0 Å². The second kappa shape index (κ2) is 20.1. The highest BCUT2D eigenvalue weighted by Gasteiger charge is 2.60. The van der Waals surface area contributed by atoms with Gasteiger partial charge in [-0.05, 0) is 75.7 Å². The number of hydrogen-bond donors (Lipinski definition) is 3. The third-order valence-corrected chi connectivity index (χ3v) is 15.4. The maximum absolute atomic E-state index is 14.4. The number of aliphatic hydroxyl groups is 3. The summed E-state index contributed by atoms with van der Waals surface area (Å²) < 4.78 is 64.1. The van der Waals surface area contributed by atoms with Gasteiger partial charge in [0.15, 0.2) is 18.4 Å². The minimum absolute atomic E-state index is 0.0242. The number of fused-ring (bicyclic) bond motifs is 2. The van der Waals surface area contributed by atoms with Crippen molar-refractivity contribution in [2.45, 2.75) is 203 Å². The van der Waals surface area contributed by atoms with Gasteiger partial charge in [0.1, 0.15) is 42.0 Å².